The highest BCUT2D eigenvalue weighted by molar-refractivity contribution is 5.92. The number of carbonyl (C=O) groups excluding carboxylic acids is 1. The number of halogens is 6. The summed E-state index contributed by atoms with van der Waals surface area (Å²) in [6.07, 6.45) is -9.26. The fourth-order valence-corrected chi connectivity index (χ4v) is 3.42. The molecule has 2 aromatic rings. The summed E-state index contributed by atoms with van der Waals surface area (Å²) >= 11 is 0. The predicted molar refractivity (Wildman–Crippen MR) is 94.3 cm³/mol. The molecule has 0 N–H and O–H groups in total. The first-order valence-electron chi connectivity index (χ1n) is 9.03. The molecule has 30 heavy (non-hydrogen) atoms. The van der Waals surface area contributed by atoms with Crippen LogP contribution in [0.15, 0.2) is 35.1 Å². The number of hydrogen-bond acceptors (Lipinski definition) is 3. The monoisotopic (exact) mass is 433 g/mol. The number of piperidine rings is 1. The summed E-state index contributed by atoms with van der Waals surface area (Å²) in [5, 5.41) is 3.81. The number of likely N-dealkylation sites (tertiary alicyclic amines) is 1. The topological polar surface area (TPSA) is 55.2 Å². The van der Waals surface area contributed by atoms with Crippen molar-refractivity contribution in [3.63, 3.8) is 0 Å². The zero-order valence-electron chi connectivity index (χ0n) is 15.7. The van der Waals surface area contributed by atoms with E-state index in [-0.39, 0.29) is 25.1 Å². The molecular weight excluding hydrogens is 416 g/mol. The minimum absolute atomic E-state index is 0.000449. The van der Waals surface area contributed by atoms with E-state index >= 15 is 0 Å². The van der Waals surface area contributed by atoms with Gasteiger partial charge >= 0.3 is 12.4 Å². The van der Waals surface area contributed by atoms with Gasteiger partial charge in [0.2, 0.25) is 5.43 Å². The number of aromatic nitrogens is 2. The Labute approximate surface area is 166 Å². The fraction of sp³-hybridized carbons (Fsp3) is 0.421. The molecule has 1 aliphatic rings. The number of amides is 1. The van der Waals surface area contributed by atoms with Crippen molar-refractivity contribution in [2.75, 3.05) is 13.1 Å². The maximum Gasteiger partial charge on any atom is 0.418 e. The van der Waals surface area contributed by atoms with Crippen LogP contribution >= 0.6 is 0 Å². The molecule has 0 aliphatic carbocycles. The van der Waals surface area contributed by atoms with E-state index < -0.39 is 53.1 Å². The van der Waals surface area contributed by atoms with Crippen LogP contribution < -0.4 is 5.43 Å². The van der Waals surface area contributed by atoms with E-state index in [4.69, 9.17) is 0 Å². The molecule has 1 unspecified atom stereocenters. The summed E-state index contributed by atoms with van der Waals surface area (Å²) in [6.45, 7) is 0.715. The summed E-state index contributed by atoms with van der Waals surface area (Å²) in [6, 6.07) is 5.42. The first-order chi connectivity index (χ1) is 13.9. The first-order valence-corrected chi connectivity index (χ1v) is 9.03. The van der Waals surface area contributed by atoms with Crippen molar-refractivity contribution in [3.05, 3.63) is 57.5 Å². The Morgan fingerprint density at radius 2 is 1.80 bits per heavy atom. The van der Waals surface area contributed by atoms with Gasteiger partial charge in [0.1, 0.15) is 0 Å². The molecule has 1 aliphatic heterocycles. The second kappa shape index (κ2) is 7.77. The molecule has 0 radical (unpaired) electrons. The second-order valence-electron chi connectivity index (χ2n) is 7.06. The molecule has 1 fully saturated rings. The van der Waals surface area contributed by atoms with Crippen LogP contribution in [0.4, 0.5) is 26.3 Å². The molecule has 3 rings (SSSR count). The normalized spacial score (nSPS) is 17.8. The minimum atomic E-state index is -4.72. The Balaban J connectivity index is 2.03. The largest absolute Gasteiger partial charge is 0.418 e. The van der Waals surface area contributed by atoms with Gasteiger partial charge in [0.25, 0.3) is 5.91 Å². The van der Waals surface area contributed by atoms with Gasteiger partial charge in [0.05, 0.1) is 17.2 Å². The van der Waals surface area contributed by atoms with Gasteiger partial charge in [0.15, 0.2) is 5.69 Å². The first kappa shape index (κ1) is 21.8. The van der Waals surface area contributed by atoms with Crippen LogP contribution in [0, 0.1) is 12.8 Å². The number of aryl methyl sites for hydroxylation is 1. The van der Waals surface area contributed by atoms with Gasteiger partial charge < -0.3 is 4.90 Å². The molecule has 162 valence electrons. The van der Waals surface area contributed by atoms with E-state index in [1.807, 2.05) is 0 Å². The number of rotatable bonds is 2. The zero-order chi connectivity index (χ0) is 22.3. The van der Waals surface area contributed by atoms with Gasteiger partial charge in [-0.15, -0.1) is 0 Å². The lowest BCUT2D eigenvalue weighted by molar-refractivity contribution is -0.184. The van der Waals surface area contributed by atoms with E-state index in [0.29, 0.717) is 0 Å². The zero-order valence-corrected chi connectivity index (χ0v) is 15.7. The predicted octanol–water partition coefficient (Wildman–Crippen LogP) is 3.97. The van der Waals surface area contributed by atoms with Crippen LogP contribution in [-0.4, -0.2) is 39.9 Å². The van der Waals surface area contributed by atoms with Gasteiger partial charge in [-0.2, -0.15) is 31.4 Å². The third-order valence-corrected chi connectivity index (χ3v) is 4.92. The number of alkyl halides is 6. The minimum Gasteiger partial charge on any atom is -0.337 e. The molecule has 5 nitrogen and oxygen atoms in total. The van der Waals surface area contributed by atoms with E-state index in [1.54, 1.807) is 0 Å². The average molecular weight is 433 g/mol. The summed E-state index contributed by atoms with van der Waals surface area (Å²) in [5.74, 6) is -2.76. The maximum absolute atomic E-state index is 13.4. The summed E-state index contributed by atoms with van der Waals surface area (Å²) in [5.41, 5.74) is -2.98. The third-order valence-electron chi connectivity index (χ3n) is 4.92. The molecule has 1 atom stereocenters. The smallest absolute Gasteiger partial charge is 0.337 e. The van der Waals surface area contributed by atoms with E-state index in [0.717, 1.165) is 27.8 Å². The molecule has 1 saturated heterocycles. The van der Waals surface area contributed by atoms with Crippen LogP contribution in [-0.2, 0) is 6.18 Å². The Morgan fingerprint density at radius 3 is 2.43 bits per heavy atom. The van der Waals surface area contributed by atoms with Crippen LogP contribution in [0.3, 0.4) is 0 Å². The Kier molecular flexibility index (Phi) is 5.66. The van der Waals surface area contributed by atoms with E-state index in [1.165, 1.54) is 19.1 Å². The Hall–Kier alpha value is -2.85. The van der Waals surface area contributed by atoms with E-state index in [9.17, 15) is 35.9 Å². The lowest BCUT2D eigenvalue weighted by Gasteiger charge is -2.33. The number of nitrogens with zero attached hydrogens (tertiary/aromatic N) is 3. The molecule has 0 bridgehead atoms. The van der Waals surface area contributed by atoms with Gasteiger partial charge in [-0.1, -0.05) is 12.1 Å². The highest BCUT2D eigenvalue weighted by Gasteiger charge is 2.43. The standard InChI is InChI=1S/C19H17F6N3O2/c1-11-9-15(29)16(17(30)27-8-4-5-12(10-27)18(20,21)22)26-28(11)14-7-3-2-6-13(14)19(23,24)25/h2-3,6-7,9,12H,4-5,8,10H2,1H3. The van der Waals surface area contributed by atoms with Crippen molar-refractivity contribution in [1.82, 2.24) is 14.7 Å². The van der Waals surface area contributed by atoms with Crippen molar-refractivity contribution in [3.8, 4) is 5.69 Å². The summed E-state index contributed by atoms with van der Waals surface area (Å²) in [7, 11) is 0. The average Bonchev–Trinajstić information content (AvgIpc) is 2.66. The Morgan fingerprint density at radius 1 is 1.13 bits per heavy atom. The highest BCUT2D eigenvalue weighted by atomic mass is 19.4. The summed E-state index contributed by atoms with van der Waals surface area (Å²) < 4.78 is 80.0. The Bertz CT molecular complexity index is 1010. The van der Waals surface area contributed by atoms with Gasteiger partial charge in [0, 0.05) is 24.8 Å². The second-order valence-corrected chi connectivity index (χ2v) is 7.06. The van der Waals surface area contributed by atoms with Crippen molar-refractivity contribution < 1.29 is 31.1 Å². The molecule has 1 amide bonds. The van der Waals surface area contributed by atoms with Crippen LogP contribution in [0.5, 0.6) is 0 Å². The van der Waals surface area contributed by atoms with Crippen molar-refractivity contribution in [2.45, 2.75) is 32.1 Å². The van der Waals surface area contributed by atoms with Gasteiger partial charge in [-0.05, 0) is 31.9 Å². The van der Waals surface area contributed by atoms with Crippen molar-refractivity contribution in [1.29, 1.82) is 0 Å². The van der Waals surface area contributed by atoms with Gasteiger partial charge in [-0.25, -0.2) is 4.68 Å². The highest BCUT2D eigenvalue weighted by Crippen LogP contribution is 2.34. The number of benzene rings is 1. The van der Waals surface area contributed by atoms with Crippen LogP contribution in [0.25, 0.3) is 5.69 Å². The fourth-order valence-electron chi connectivity index (χ4n) is 3.42. The lowest BCUT2D eigenvalue weighted by Crippen LogP contribution is -2.46. The third kappa shape index (κ3) is 4.34. The SMILES string of the molecule is Cc1cc(=O)c(C(=O)N2CCCC(C(F)(F)F)C2)nn1-c1ccccc1C(F)(F)F. The van der Waals surface area contributed by atoms with Crippen molar-refractivity contribution in [2.24, 2.45) is 5.92 Å². The molecule has 2 heterocycles. The lowest BCUT2D eigenvalue weighted by atomic mass is 9.97. The quantitative estimate of drug-likeness (QED) is 0.674. The van der Waals surface area contributed by atoms with Crippen molar-refractivity contribution >= 4 is 5.91 Å². The molecular formula is C19H17F6N3O2. The molecule has 1 aromatic heterocycles. The van der Waals surface area contributed by atoms with Crippen LogP contribution in [0.2, 0.25) is 0 Å². The number of para-hydroxylation sites is 1. The van der Waals surface area contributed by atoms with Crippen LogP contribution in [0.1, 0.15) is 34.6 Å². The van der Waals surface area contributed by atoms with E-state index in [2.05, 4.69) is 5.10 Å². The molecule has 1 aromatic carbocycles. The number of hydrogen-bond donors (Lipinski definition) is 0. The summed E-state index contributed by atoms with van der Waals surface area (Å²) in [4.78, 5) is 25.9. The van der Waals surface area contributed by atoms with Gasteiger partial charge in [-0.3, -0.25) is 9.59 Å². The number of carbonyl (C=O) groups is 1. The molecule has 0 spiro atoms. The maximum atomic E-state index is 13.4. The molecule has 11 heteroatoms. The molecule has 0 saturated carbocycles.